The normalized spacial score (nSPS) is 17.3. The van der Waals surface area contributed by atoms with Crippen LogP contribution in [0.1, 0.15) is 30.4 Å². The van der Waals surface area contributed by atoms with Gasteiger partial charge in [0.15, 0.2) is 0 Å². The molecule has 3 nitrogen and oxygen atoms in total. The Morgan fingerprint density at radius 3 is 2.80 bits per heavy atom. The molecule has 0 N–H and O–H groups in total. The van der Waals surface area contributed by atoms with Gasteiger partial charge in [-0.05, 0) is 19.8 Å². The quantitative estimate of drug-likeness (QED) is 0.578. The van der Waals surface area contributed by atoms with E-state index in [4.69, 9.17) is 0 Å². The van der Waals surface area contributed by atoms with Gasteiger partial charge in [0, 0.05) is 5.92 Å². The summed E-state index contributed by atoms with van der Waals surface area (Å²) < 4.78 is 0. The molecule has 2 rings (SSSR count). The van der Waals surface area contributed by atoms with Crippen LogP contribution in [0.2, 0.25) is 0 Å². The first-order valence-corrected chi connectivity index (χ1v) is 3.52. The van der Waals surface area contributed by atoms with Gasteiger partial charge in [-0.25, -0.2) is 15.0 Å². The highest BCUT2D eigenvalue weighted by Crippen LogP contribution is 2.37. The Labute approximate surface area is 59.5 Å². The predicted molar refractivity (Wildman–Crippen MR) is 36.5 cm³/mol. The first-order chi connectivity index (χ1) is 4.86. The minimum absolute atomic E-state index is 0.640. The molecule has 0 spiro atoms. The lowest BCUT2D eigenvalue weighted by Crippen LogP contribution is -1.95. The molecule has 1 heterocycles. The Morgan fingerprint density at radius 2 is 2.20 bits per heavy atom. The van der Waals surface area contributed by atoms with Crippen LogP contribution in [0, 0.1) is 6.92 Å². The molecule has 1 aromatic rings. The second kappa shape index (κ2) is 2.01. The Hall–Kier alpha value is -0.990. The number of rotatable bonds is 1. The number of hydrogen-bond donors (Lipinski definition) is 0. The van der Waals surface area contributed by atoms with Crippen molar-refractivity contribution in [1.82, 2.24) is 15.0 Å². The van der Waals surface area contributed by atoms with Crippen LogP contribution in [0.4, 0.5) is 0 Å². The highest BCUT2D eigenvalue weighted by molar-refractivity contribution is 5.04. The SMILES string of the molecule is Cc1ncnc(C2CC2)n1. The van der Waals surface area contributed by atoms with E-state index in [0.29, 0.717) is 5.92 Å². The summed E-state index contributed by atoms with van der Waals surface area (Å²) in [7, 11) is 0. The average molecular weight is 135 g/mol. The molecule has 10 heavy (non-hydrogen) atoms. The van der Waals surface area contributed by atoms with Crippen LogP contribution in [0.15, 0.2) is 6.33 Å². The van der Waals surface area contributed by atoms with Crippen molar-refractivity contribution >= 4 is 0 Å². The van der Waals surface area contributed by atoms with Gasteiger partial charge in [-0.3, -0.25) is 0 Å². The third kappa shape index (κ3) is 0.988. The molecule has 52 valence electrons. The lowest BCUT2D eigenvalue weighted by molar-refractivity contribution is 0.853. The van der Waals surface area contributed by atoms with Gasteiger partial charge in [0.25, 0.3) is 0 Å². The highest BCUT2D eigenvalue weighted by atomic mass is 15.0. The Morgan fingerprint density at radius 1 is 1.40 bits per heavy atom. The molecule has 1 aromatic heterocycles. The maximum atomic E-state index is 4.21. The van der Waals surface area contributed by atoms with E-state index >= 15 is 0 Å². The zero-order valence-electron chi connectivity index (χ0n) is 5.91. The van der Waals surface area contributed by atoms with Gasteiger partial charge in [0.05, 0.1) is 0 Å². The second-order valence-electron chi connectivity index (χ2n) is 2.67. The van der Waals surface area contributed by atoms with Crippen LogP contribution in [0.3, 0.4) is 0 Å². The number of hydrogen-bond acceptors (Lipinski definition) is 3. The Balaban J connectivity index is 2.32. The standard InChI is InChI=1S/C7H9N3/c1-5-8-4-9-7(10-5)6-2-3-6/h4,6H,2-3H2,1H3. The highest BCUT2D eigenvalue weighted by Gasteiger charge is 2.26. The van der Waals surface area contributed by atoms with Crippen molar-refractivity contribution in [2.24, 2.45) is 0 Å². The minimum Gasteiger partial charge on any atom is -0.222 e. The van der Waals surface area contributed by atoms with Crippen LogP contribution >= 0.6 is 0 Å². The molecular formula is C7H9N3. The van der Waals surface area contributed by atoms with Crippen LogP contribution < -0.4 is 0 Å². The molecule has 3 heteroatoms. The minimum atomic E-state index is 0.640. The smallest absolute Gasteiger partial charge is 0.135 e. The van der Waals surface area contributed by atoms with E-state index in [0.717, 1.165) is 11.6 Å². The summed E-state index contributed by atoms with van der Waals surface area (Å²) in [6.45, 7) is 1.90. The summed E-state index contributed by atoms with van der Waals surface area (Å²) >= 11 is 0. The molecule has 0 amide bonds. The molecule has 0 unspecified atom stereocenters. The summed E-state index contributed by atoms with van der Waals surface area (Å²) in [5.41, 5.74) is 0. The van der Waals surface area contributed by atoms with Crippen LogP contribution in [-0.4, -0.2) is 15.0 Å². The second-order valence-corrected chi connectivity index (χ2v) is 2.67. The lowest BCUT2D eigenvalue weighted by atomic mass is 10.4. The van der Waals surface area contributed by atoms with E-state index in [9.17, 15) is 0 Å². The van der Waals surface area contributed by atoms with E-state index < -0.39 is 0 Å². The van der Waals surface area contributed by atoms with E-state index in [1.54, 1.807) is 6.33 Å². The van der Waals surface area contributed by atoms with Crippen molar-refractivity contribution in [1.29, 1.82) is 0 Å². The molecule has 0 radical (unpaired) electrons. The van der Waals surface area contributed by atoms with E-state index in [1.807, 2.05) is 6.92 Å². The first-order valence-electron chi connectivity index (χ1n) is 3.52. The molecule has 1 aliphatic carbocycles. The van der Waals surface area contributed by atoms with Gasteiger partial charge in [-0.1, -0.05) is 0 Å². The van der Waals surface area contributed by atoms with Gasteiger partial charge < -0.3 is 0 Å². The maximum Gasteiger partial charge on any atom is 0.135 e. The van der Waals surface area contributed by atoms with Gasteiger partial charge >= 0.3 is 0 Å². The molecule has 1 saturated carbocycles. The number of nitrogens with zero attached hydrogens (tertiary/aromatic N) is 3. The number of aryl methyl sites for hydroxylation is 1. The Bertz CT molecular complexity index is 242. The van der Waals surface area contributed by atoms with E-state index in [1.165, 1.54) is 12.8 Å². The summed E-state index contributed by atoms with van der Waals surface area (Å²) in [6, 6.07) is 0. The summed E-state index contributed by atoms with van der Waals surface area (Å²) in [4.78, 5) is 12.2. The summed E-state index contributed by atoms with van der Waals surface area (Å²) in [5.74, 6) is 2.45. The molecule has 1 fully saturated rings. The van der Waals surface area contributed by atoms with Crippen molar-refractivity contribution in [3.63, 3.8) is 0 Å². The fourth-order valence-corrected chi connectivity index (χ4v) is 0.933. The molecule has 0 aliphatic heterocycles. The van der Waals surface area contributed by atoms with Gasteiger partial charge in [0.1, 0.15) is 18.0 Å². The van der Waals surface area contributed by atoms with Crippen molar-refractivity contribution in [2.75, 3.05) is 0 Å². The number of aromatic nitrogens is 3. The molecule has 0 saturated heterocycles. The fourth-order valence-electron chi connectivity index (χ4n) is 0.933. The average Bonchev–Trinajstić information content (AvgIpc) is 2.68. The predicted octanol–water partition coefficient (Wildman–Crippen LogP) is 1.06. The molecule has 1 aliphatic rings. The van der Waals surface area contributed by atoms with E-state index in [-0.39, 0.29) is 0 Å². The van der Waals surface area contributed by atoms with E-state index in [2.05, 4.69) is 15.0 Å². The van der Waals surface area contributed by atoms with Crippen LogP contribution in [-0.2, 0) is 0 Å². The summed E-state index contributed by atoms with van der Waals surface area (Å²) in [6.07, 6.45) is 4.10. The van der Waals surface area contributed by atoms with Crippen LogP contribution in [0.25, 0.3) is 0 Å². The third-order valence-corrected chi connectivity index (χ3v) is 1.65. The molecule has 0 bridgehead atoms. The first kappa shape index (κ1) is 5.77. The van der Waals surface area contributed by atoms with Crippen molar-refractivity contribution in [3.8, 4) is 0 Å². The molecule has 0 aromatic carbocycles. The molecular weight excluding hydrogens is 126 g/mol. The zero-order valence-corrected chi connectivity index (χ0v) is 5.91. The van der Waals surface area contributed by atoms with Crippen molar-refractivity contribution < 1.29 is 0 Å². The third-order valence-electron chi connectivity index (χ3n) is 1.65. The summed E-state index contributed by atoms with van der Waals surface area (Å²) in [5, 5.41) is 0. The molecule has 0 atom stereocenters. The largest absolute Gasteiger partial charge is 0.222 e. The Kier molecular flexibility index (Phi) is 1.16. The van der Waals surface area contributed by atoms with Gasteiger partial charge in [-0.15, -0.1) is 0 Å². The van der Waals surface area contributed by atoms with Crippen molar-refractivity contribution in [2.45, 2.75) is 25.7 Å². The fraction of sp³-hybridized carbons (Fsp3) is 0.571. The van der Waals surface area contributed by atoms with Gasteiger partial charge in [0.2, 0.25) is 0 Å². The van der Waals surface area contributed by atoms with Gasteiger partial charge in [-0.2, -0.15) is 0 Å². The lowest BCUT2D eigenvalue weighted by Gasteiger charge is -1.94. The monoisotopic (exact) mass is 135 g/mol. The van der Waals surface area contributed by atoms with Crippen LogP contribution in [0.5, 0.6) is 0 Å². The maximum absolute atomic E-state index is 4.21. The van der Waals surface area contributed by atoms with Crippen molar-refractivity contribution in [3.05, 3.63) is 18.0 Å². The topological polar surface area (TPSA) is 38.7 Å². The zero-order chi connectivity index (χ0) is 6.97.